The van der Waals surface area contributed by atoms with Crippen LogP contribution in [-0.2, 0) is 4.79 Å². The predicted molar refractivity (Wildman–Crippen MR) is 124 cm³/mol. The number of hydrogen-bond donors (Lipinski definition) is 2. The van der Waals surface area contributed by atoms with Gasteiger partial charge in [0.25, 0.3) is 5.91 Å². The first-order valence-electron chi connectivity index (χ1n) is 9.93. The number of tetrazole rings is 1. The third kappa shape index (κ3) is 5.60. The maximum atomic E-state index is 13.5. The molecule has 0 saturated heterocycles. The number of rotatable bonds is 7. The molecule has 0 aliphatic rings. The number of benzene rings is 3. The van der Waals surface area contributed by atoms with E-state index in [2.05, 4.69) is 26.2 Å². The van der Waals surface area contributed by atoms with E-state index in [9.17, 15) is 14.0 Å². The summed E-state index contributed by atoms with van der Waals surface area (Å²) >= 11 is 1.09. The van der Waals surface area contributed by atoms with E-state index in [0.29, 0.717) is 27.8 Å². The number of aromatic nitrogens is 4. The fourth-order valence-corrected chi connectivity index (χ4v) is 3.76. The van der Waals surface area contributed by atoms with Gasteiger partial charge in [0.2, 0.25) is 11.1 Å². The first-order valence-corrected chi connectivity index (χ1v) is 10.9. The second kappa shape index (κ2) is 10.0. The van der Waals surface area contributed by atoms with Crippen LogP contribution in [0.1, 0.15) is 15.9 Å². The lowest BCUT2D eigenvalue weighted by molar-refractivity contribution is -0.113. The van der Waals surface area contributed by atoms with E-state index in [1.165, 1.54) is 16.8 Å². The normalized spacial score (nSPS) is 10.6. The maximum absolute atomic E-state index is 13.5. The number of para-hydroxylation sites is 1. The molecule has 2 N–H and O–H groups in total. The van der Waals surface area contributed by atoms with Crippen LogP contribution < -0.4 is 10.6 Å². The molecule has 1 aromatic heterocycles. The Hall–Kier alpha value is -4.05. The SMILES string of the molecule is Cc1cccc(NC(=O)c2ccccc2NC(=O)CSc2nnnn2-c2cccc(F)c2)c1. The van der Waals surface area contributed by atoms with Gasteiger partial charge in [-0.25, -0.2) is 4.39 Å². The van der Waals surface area contributed by atoms with E-state index < -0.39 is 5.82 Å². The van der Waals surface area contributed by atoms with E-state index in [0.717, 1.165) is 17.3 Å². The molecule has 1 heterocycles. The standard InChI is InChI=1S/C23H19FN6O2S/c1-15-6-4-8-17(12-15)25-22(32)19-10-2-3-11-20(19)26-21(31)14-33-23-27-28-29-30(23)18-9-5-7-16(24)13-18/h2-13H,14H2,1H3,(H,25,32)(H,26,31). The van der Waals surface area contributed by atoms with Crippen LogP contribution in [0.2, 0.25) is 0 Å². The van der Waals surface area contributed by atoms with Crippen LogP contribution in [0, 0.1) is 12.7 Å². The molecular formula is C23H19FN6O2S. The van der Waals surface area contributed by atoms with Crippen molar-refractivity contribution in [2.75, 3.05) is 16.4 Å². The van der Waals surface area contributed by atoms with Gasteiger partial charge in [-0.2, -0.15) is 4.68 Å². The third-order valence-electron chi connectivity index (χ3n) is 4.55. The fraction of sp³-hybridized carbons (Fsp3) is 0.0870. The average Bonchev–Trinajstić information content (AvgIpc) is 3.27. The fourth-order valence-electron chi connectivity index (χ4n) is 3.07. The molecule has 0 unspecified atom stereocenters. The largest absolute Gasteiger partial charge is 0.325 e. The van der Waals surface area contributed by atoms with Crippen molar-refractivity contribution in [1.82, 2.24) is 20.2 Å². The average molecular weight is 463 g/mol. The Morgan fingerprint density at radius 2 is 1.82 bits per heavy atom. The zero-order valence-corrected chi connectivity index (χ0v) is 18.3. The summed E-state index contributed by atoms with van der Waals surface area (Å²) in [5.41, 5.74) is 2.86. The van der Waals surface area contributed by atoms with Crippen molar-refractivity contribution in [1.29, 1.82) is 0 Å². The number of amides is 2. The van der Waals surface area contributed by atoms with Gasteiger partial charge < -0.3 is 10.6 Å². The van der Waals surface area contributed by atoms with Crippen molar-refractivity contribution < 1.29 is 14.0 Å². The molecular weight excluding hydrogens is 443 g/mol. The van der Waals surface area contributed by atoms with Crippen LogP contribution in [0.3, 0.4) is 0 Å². The van der Waals surface area contributed by atoms with Crippen molar-refractivity contribution >= 4 is 35.0 Å². The van der Waals surface area contributed by atoms with Gasteiger partial charge in [0.05, 0.1) is 22.7 Å². The lowest BCUT2D eigenvalue weighted by Gasteiger charge is -2.12. The second-order valence-electron chi connectivity index (χ2n) is 7.06. The minimum absolute atomic E-state index is 0.0104. The molecule has 0 spiro atoms. The molecule has 0 bridgehead atoms. The van der Waals surface area contributed by atoms with Crippen LogP contribution >= 0.6 is 11.8 Å². The molecule has 166 valence electrons. The summed E-state index contributed by atoms with van der Waals surface area (Å²) in [4.78, 5) is 25.4. The Bertz CT molecular complexity index is 1310. The predicted octanol–water partition coefficient (Wildman–Crippen LogP) is 4.09. The number of halogens is 1. The lowest BCUT2D eigenvalue weighted by atomic mass is 10.1. The summed E-state index contributed by atoms with van der Waals surface area (Å²) in [5, 5.41) is 17.3. The highest BCUT2D eigenvalue weighted by molar-refractivity contribution is 7.99. The maximum Gasteiger partial charge on any atom is 0.257 e. The quantitative estimate of drug-likeness (QED) is 0.401. The van der Waals surface area contributed by atoms with Gasteiger partial charge in [0, 0.05) is 5.69 Å². The minimum atomic E-state index is -0.419. The monoisotopic (exact) mass is 462 g/mol. The van der Waals surface area contributed by atoms with Gasteiger partial charge in [-0.15, -0.1) is 5.10 Å². The number of nitrogens with zero attached hydrogens (tertiary/aromatic N) is 4. The van der Waals surface area contributed by atoms with E-state index in [4.69, 9.17) is 0 Å². The van der Waals surface area contributed by atoms with Gasteiger partial charge in [-0.05, 0) is 65.4 Å². The van der Waals surface area contributed by atoms with Crippen molar-refractivity contribution in [3.05, 3.63) is 89.7 Å². The summed E-state index contributed by atoms with van der Waals surface area (Å²) in [5.74, 6) is -1.11. The van der Waals surface area contributed by atoms with Crippen LogP contribution in [0.25, 0.3) is 5.69 Å². The Morgan fingerprint density at radius 3 is 2.64 bits per heavy atom. The molecule has 0 atom stereocenters. The number of hydrogen-bond acceptors (Lipinski definition) is 6. The summed E-state index contributed by atoms with van der Waals surface area (Å²) in [6.45, 7) is 1.94. The molecule has 3 aromatic carbocycles. The van der Waals surface area contributed by atoms with E-state index in [1.807, 2.05) is 25.1 Å². The minimum Gasteiger partial charge on any atom is -0.325 e. The summed E-state index contributed by atoms with van der Waals surface area (Å²) in [6.07, 6.45) is 0. The van der Waals surface area contributed by atoms with Crippen LogP contribution in [0.5, 0.6) is 0 Å². The van der Waals surface area contributed by atoms with Gasteiger partial charge in [0.1, 0.15) is 5.82 Å². The Morgan fingerprint density at radius 1 is 1.00 bits per heavy atom. The van der Waals surface area contributed by atoms with Crippen molar-refractivity contribution in [3.63, 3.8) is 0 Å². The first-order chi connectivity index (χ1) is 16.0. The molecule has 10 heteroatoms. The number of carbonyl (C=O) groups excluding carboxylic acids is 2. The Kier molecular flexibility index (Phi) is 6.75. The topological polar surface area (TPSA) is 102 Å². The number of anilines is 2. The first kappa shape index (κ1) is 22.2. The molecule has 0 fully saturated rings. The second-order valence-corrected chi connectivity index (χ2v) is 8.00. The summed E-state index contributed by atoms with van der Waals surface area (Å²) in [6, 6.07) is 20.0. The van der Waals surface area contributed by atoms with E-state index in [-0.39, 0.29) is 17.6 Å². The molecule has 0 radical (unpaired) electrons. The highest BCUT2D eigenvalue weighted by atomic mass is 32.2. The number of carbonyl (C=O) groups is 2. The van der Waals surface area contributed by atoms with Crippen LogP contribution in [0.4, 0.5) is 15.8 Å². The Labute approximate surface area is 193 Å². The van der Waals surface area contributed by atoms with E-state index in [1.54, 1.807) is 42.5 Å². The number of nitrogens with one attached hydrogen (secondary N) is 2. The molecule has 0 saturated carbocycles. The zero-order valence-electron chi connectivity index (χ0n) is 17.5. The highest BCUT2D eigenvalue weighted by Crippen LogP contribution is 2.21. The molecule has 8 nitrogen and oxygen atoms in total. The third-order valence-corrected chi connectivity index (χ3v) is 5.47. The van der Waals surface area contributed by atoms with E-state index >= 15 is 0 Å². The lowest BCUT2D eigenvalue weighted by Crippen LogP contribution is -2.19. The molecule has 0 aliphatic heterocycles. The summed E-state index contributed by atoms with van der Waals surface area (Å²) in [7, 11) is 0. The van der Waals surface area contributed by atoms with Crippen molar-refractivity contribution in [2.24, 2.45) is 0 Å². The van der Waals surface area contributed by atoms with Gasteiger partial charge in [-0.1, -0.05) is 42.1 Å². The number of thioether (sulfide) groups is 1. The smallest absolute Gasteiger partial charge is 0.257 e. The van der Waals surface area contributed by atoms with Crippen LogP contribution in [-0.4, -0.2) is 37.8 Å². The van der Waals surface area contributed by atoms with Crippen molar-refractivity contribution in [3.8, 4) is 5.69 Å². The molecule has 4 rings (SSSR count). The van der Waals surface area contributed by atoms with Crippen molar-refractivity contribution in [2.45, 2.75) is 12.1 Å². The van der Waals surface area contributed by atoms with Gasteiger partial charge in [0.15, 0.2) is 0 Å². The number of aryl methyl sites for hydroxylation is 1. The molecule has 33 heavy (non-hydrogen) atoms. The molecule has 0 aliphatic carbocycles. The highest BCUT2D eigenvalue weighted by Gasteiger charge is 2.16. The Balaban J connectivity index is 1.42. The molecule has 2 amide bonds. The van der Waals surface area contributed by atoms with Crippen LogP contribution in [0.15, 0.2) is 78.0 Å². The summed E-state index contributed by atoms with van der Waals surface area (Å²) < 4.78 is 14.9. The van der Waals surface area contributed by atoms with Gasteiger partial charge in [-0.3, -0.25) is 9.59 Å². The zero-order chi connectivity index (χ0) is 23.2. The van der Waals surface area contributed by atoms with Gasteiger partial charge >= 0.3 is 0 Å². The molecule has 4 aromatic rings.